The van der Waals surface area contributed by atoms with Gasteiger partial charge in [0.1, 0.15) is 0 Å². The Hall–Kier alpha value is -0.120. The average Bonchev–Trinajstić information content (AvgIpc) is 2.23. The van der Waals surface area contributed by atoms with E-state index in [9.17, 15) is 5.11 Å². The maximum absolute atomic E-state index is 9.67. The zero-order chi connectivity index (χ0) is 8.01. The van der Waals surface area contributed by atoms with E-state index >= 15 is 0 Å². The minimum absolute atomic E-state index is 0.0173. The third-order valence-electron chi connectivity index (χ3n) is 3.27. The Morgan fingerprint density at radius 1 is 1.45 bits per heavy atom. The van der Waals surface area contributed by atoms with E-state index in [-0.39, 0.29) is 12.1 Å². The number of likely N-dealkylation sites (N-methyl/N-ethyl adjacent to an activating group) is 1. The van der Waals surface area contributed by atoms with Crippen molar-refractivity contribution in [1.82, 2.24) is 4.90 Å². The van der Waals surface area contributed by atoms with Gasteiger partial charge in [-0.3, -0.25) is 4.90 Å². The van der Waals surface area contributed by atoms with Gasteiger partial charge in [-0.25, -0.2) is 0 Å². The monoisotopic (exact) mass is 156 g/mol. The Balaban J connectivity index is 2.16. The lowest BCUT2D eigenvalue weighted by atomic mass is 9.96. The van der Waals surface area contributed by atoms with Crippen LogP contribution in [0.25, 0.3) is 0 Å². The Morgan fingerprint density at radius 3 is 2.91 bits per heavy atom. The molecule has 4 atom stereocenters. The molecule has 0 aromatic rings. The van der Waals surface area contributed by atoms with E-state index in [0.29, 0.717) is 12.1 Å². The van der Waals surface area contributed by atoms with Crippen molar-refractivity contribution in [2.45, 2.75) is 43.5 Å². The van der Waals surface area contributed by atoms with Crippen molar-refractivity contribution in [3.63, 3.8) is 0 Å². The second-order valence-corrected chi connectivity index (χ2v) is 3.85. The van der Waals surface area contributed by atoms with E-state index in [1.165, 1.54) is 6.42 Å². The minimum Gasteiger partial charge on any atom is -0.390 e. The van der Waals surface area contributed by atoms with E-state index in [0.717, 1.165) is 12.8 Å². The lowest BCUT2D eigenvalue weighted by molar-refractivity contribution is 0.0136. The zero-order valence-electron chi connectivity index (χ0n) is 6.90. The van der Waals surface area contributed by atoms with E-state index in [4.69, 9.17) is 5.73 Å². The van der Waals surface area contributed by atoms with Gasteiger partial charge in [-0.1, -0.05) is 0 Å². The van der Waals surface area contributed by atoms with Gasteiger partial charge in [0, 0.05) is 18.1 Å². The van der Waals surface area contributed by atoms with Gasteiger partial charge in [-0.05, 0) is 26.3 Å². The second-order valence-electron chi connectivity index (χ2n) is 3.85. The summed E-state index contributed by atoms with van der Waals surface area (Å²) in [5.41, 5.74) is 5.78. The molecular formula is C8H16N2O. The molecule has 2 aliphatic heterocycles. The Bertz CT molecular complexity index is 162. The number of hydrogen-bond donors (Lipinski definition) is 2. The highest BCUT2D eigenvalue weighted by Gasteiger charge is 2.43. The molecule has 0 spiro atoms. The molecule has 2 rings (SSSR count). The lowest BCUT2D eigenvalue weighted by Gasteiger charge is -2.38. The van der Waals surface area contributed by atoms with E-state index < -0.39 is 0 Å². The first-order valence-corrected chi connectivity index (χ1v) is 4.35. The largest absolute Gasteiger partial charge is 0.390 e. The molecule has 0 radical (unpaired) electrons. The summed E-state index contributed by atoms with van der Waals surface area (Å²) >= 11 is 0. The molecule has 0 aliphatic carbocycles. The molecule has 3 heteroatoms. The minimum atomic E-state index is -0.293. The molecule has 11 heavy (non-hydrogen) atoms. The topological polar surface area (TPSA) is 49.5 Å². The number of rotatable bonds is 0. The third kappa shape index (κ3) is 0.991. The van der Waals surface area contributed by atoms with Crippen LogP contribution in [-0.4, -0.2) is 41.3 Å². The number of aliphatic hydroxyl groups excluding tert-OH is 1. The zero-order valence-corrected chi connectivity index (χ0v) is 6.90. The predicted molar refractivity (Wildman–Crippen MR) is 43.2 cm³/mol. The maximum atomic E-state index is 9.67. The normalized spacial score (nSPS) is 51.5. The summed E-state index contributed by atoms with van der Waals surface area (Å²) in [4.78, 5) is 2.29. The van der Waals surface area contributed by atoms with Crippen LogP contribution in [0, 0.1) is 0 Å². The predicted octanol–water partition coefficient (Wildman–Crippen LogP) is -0.459. The number of nitrogens with two attached hydrogens (primary N) is 1. The van der Waals surface area contributed by atoms with Crippen molar-refractivity contribution in [3.05, 3.63) is 0 Å². The quantitative estimate of drug-likeness (QED) is 0.499. The molecule has 2 fully saturated rings. The first-order chi connectivity index (χ1) is 5.20. The molecule has 2 heterocycles. The van der Waals surface area contributed by atoms with Crippen LogP contribution in [0.5, 0.6) is 0 Å². The third-order valence-corrected chi connectivity index (χ3v) is 3.27. The summed E-state index contributed by atoms with van der Waals surface area (Å²) in [6, 6.07) is 0.992. The van der Waals surface area contributed by atoms with E-state index in [1.807, 2.05) is 0 Å². The van der Waals surface area contributed by atoms with Crippen molar-refractivity contribution >= 4 is 0 Å². The van der Waals surface area contributed by atoms with Crippen LogP contribution in [0.3, 0.4) is 0 Å². The molecule has 3 N–H and O–H groups in total. The Labute approximate surface area is 67.2 Å². The van der Waals surface area contributed by atoms with Crippen LogP contribution in [-0.2, 0) is 0 Å². The average molecular weight is 156 g/mol. The molecule has 0 amide bonds. The maximum Gasteiger partial charge on any atom is 0.0846 e. The Kier molecular flexibility index (Phi) is 1.67. The van der Waals surface area contributed by atoms with Crippen molar-refractivity contribution in [1.29, 1.82) is 0 Å². The molecule has 2 aliphatic rings. The number of piperidine rings is 1. The van der Waals surface area contributed by atoms with Gasteiger partial charge in [-0.15, -0.1) is 0 Å². The van der Waals surface area contributed by atoms with Gasteiger partial charge in [0.15, 0.2) is 0 Å². The van der Waals surface area contributed by atoms with E-state index in [2.05, 4.69) is 11.9 Å². The van der Waals surface area contributed by atoms with Gasteiger partial charge in [0.05, 0.1) is 6.10 Å². The molecule has 0 aromatic carbocycles. The Morgan fingerprint density at radius 2 is 2.18 bits per heavy atom. The van der Waals surface area contributed by atoms with Crippen LogP contribution in [0.1, 0.15) is 19.3 Å². The van der Waals surface area contributed by atoms with Crippen molar-refractivity contribution in [2.24, 2.45) is 5.73 Å². The molecule has 0 aromatic heterocycles. The van der Waals surface area contributed by atoms with Gasteiger partial charge < -0.3 is 10.8 Å². The SMILES string of the molecule is CN1C2CCC1C(O)C(N)C2. The smallest absolute Gasteiger partial charge is 0.0846 e. The molecule has 0 saturated carbocycles. The van der Waals surface area contributed by atoms with Crippen LogP contribution >= 0.6 is 0 Å². The van der Waals surface area contributed by atoms with E-state index in [1.54, 1.807) is 0 Å². The molecule has 2 saturated heterocycles. The second kappa shape index (κ2) is 2.44. The highest BCUT2D eigenvalue weighted by atomic mass is 16.3. The van der Waals surface area contributed by atoms with Crippen LogP contribution in [0.4, 0.5) is 0 Å². The van der Waals surface area contributed by atoms with Crippen molar-refractivity contribution in [2.75, 3.05) is 7.05 Å². The highest BCUT2D eigenvalue weighted by Crippen LogP contribution is 2.33. The number of aliphatic hydroxyl groups is 1. The van der Waals surface area contributed by atoms with Crippen LogP contribution in [0.2, 0.25) is 0 Å². The summed E-state index contributed by atoms with van der Waals surface area (Å²) in [6.07, 6.45) is 3.01. The van der Waals surface area contributed by atoms with Gasteiger partial charge >= 0.3 is 0 Å². The van der Waals surface area contributed by atoms with Crippen molar-refractivity contribution < 1.29 is 5.11 Å². The fraction of sp³-hybridized carbons (Fsp3) is 1.00. The number of hydrogen-bond acceptors (Lipinski definition) is 3. The summed E-state index contributed by atoms with van der Waals surface area (Å²) in [6.45, 7) is 0. The first kappa shape index (κ1) is 7.53. The summed E-state index contributed by atoms with van der Waals surface area (Å²) in [5, 5.41) is 9.67. The van der Waals surface area contributed by atoms with Crippen LogP contribution < -0.4 is 5.73 Å². The standard InChI is InChI=1S/C8H16N2O/c1-10-5-2-3-7(10)8(11)6(9)4-5/h5-8,11H,2-4,9H2,1H3. The highest BCUT2D eigenvalue weighted by molar-refractivity contribution is 5.00. The molecule has 3 nitrogen and oxygen atoms in total. The van der Waals surface area contributed by atoms with Crippen molar-refractivity contribution in [3.8, 4) is 0 Å². The molecule has 2 bridgehead atoms. The molecule has 64 valence electrons. The summed E-state index contributed by atoms with van der Waals surface area (Å²) in [5.74, 6) is 0. The van der Waals surface area contributed by atoms with Gasteiger partial charge in [0.25, 0.3) is 0 Å². The summed E-state index contributed by atoms with van der Waals surface area (Å²) in [7, 11) is 2.09. The van der Waals surface area contributed by atoms with Gasteiger partial charge in [0.2, 0.25) is 0 Å². The first-order valence-electron chi connectivity index (χ1n) is 4.35. The number of nitrogens with zero attached hydrogens (tertiary/aromatic N) is 1. The lowest BCUT2D eigenvalue weighted by Crippen LogP contribution is -2.55. The van der Waals surface area contributed by atoms with Crippen LogP contribution in [0.15, 0.2) is 0 Å². The fourth-order valence-corrected chi connectivity index (χ4v) is 2.48. The molecule has 4 unspecified atom stereocenters. The summed E-state index contributed by atoms with van der Waals surface area (Å²) < 4.78 is 0. The number of fused-ring (bicyclic) bond motifs is 2. The van der Waals surface area contributed by atoms with Gasteiger partial charge in [-0.2, -0.15) is 0 Å². The fourth-order valence-electron chi connectivity index (χ4n) is 2.48. The molecular weight excluding hydrogens is 140 g/mol.